The number of hydrogen-bond donors (Lipinski definition) is 1. The van der Waals surface area contributed by atoms with Gasteiger partial charge in [-0.25, -0.2) is 0 Å². The highest BCUT2D eigenvalue weighted by Gasteiger charge is 2.15. The zero-order valence-electron chi connectivity index (χ0n) is 13.3. The Balaban J connectivity index is 1.56. The van der Waals surface area contributed by atoms with E-state index < -0.39 is 0 Å². The first-order valence-corrected chi connectivity index (χ1v) is 8.18. The summed E-state index contributed by atoms with van der Waals surface area (Å²) in [4.78, 5) is 16.2. The third-order valence-corrected chi connectivity index (χ3v) is 3.79. The molecule has 0 saturated carbocycles. The van der Waals surface area contributed by atoms with Crippen LogP contribution < -0.4 is 14.8 Å². The van der Waals surface area contributed by atoms with Crippen molar-refractivity contribution in [3.8, 4) is 11.5 Å². The van der Waals surface area contributed by atoms with Gasteiger partial charge in [0.2, 0.25) is 11.8 Å². The summed E-state index contributed by atoms with van der Waals surface area (Å²) in [5.74, 6) is 2.18. The van der Waals surface area contributed by atoms with Crippen molar-refractivity contribution in [2.75, 3.05) is 18.5 Å². The molecule has 2 aromatic rings. The molecule has 8 heteroatoms. The molecule has 1 amide bonds. The van der Waals surface area contributed by atoms with Crippen LogP contribution in [0.25, 0.3) is 0 Å². The van der Waals surface area contributed by atoms with Gasteiger partial charge in [0.25, 0.3) is 0 Å². The van der Waals surface area contributed by atoms with Gasteiger partial charge in [-0.3, -0.25) is 4.79 Å². The lowest BCUT2D eigenvalue weighted by Crippen LogP contribution is -2.12. The summed E-state index contributed by atoms with van der Waals surface area (Å²) < 4.78 is 16.2. The minimum Gasteiger partial charge on any atom is -0.490 e. The SMILES string of the molecule is Cc1noc(CCCC(=O)Nc2cc3c(cc2Cl)OCCCO3)n1. The maximum atomic E-state index is 12.1. The Labute approximate surface area is 144 Å². The Kier molecular flexibility index (Phi) is 5.20. The second-order valence-electron chi connectivity index (χ2n) is 5.47. The van der Waals surface area contributed by atoms with Crippen LogP contribution in [0.2, 0.25) is 5.02 Å². The number of aromatic nitrogens is 2. The molecule has 0 aliphatic carbocycles. The number of benzene rings is 1. The van der Waals surface area contributed by atoms with Crippen molar-refractivity contribution in [2.24, 2.45) is 0 Å². The lowest BCUT2D eigenvalue weighted by molar-refractivity contribution is -0.116. The maximum absolute atomic E-state index is 12.1. The van der Waals surface area contributed by atoms with E-state index in [1.54, 1.807) is 19.1 Å². The molecular weight excluding hydrogens is 334 g/mol. The van der Waals surface area contributed by atoms with Crippen molar-refractivity contribution >= 4 is 23.2 Å². The van der Waals surface area contributed by atoms with E-state index in [2.05, 4.69) is 15.5 Å². The van der Waals surface area contributed by atoms with Gasteiger partial charge in [0.15, 0.2) is 17.3 Å². The molecule has 1 aromatic heterocycles. The topological polar surface area (TPSA) is 86.5 Å². The first-order valence-electron chi connectivity index (χ1n) is 7.80. The number of rotatable bonds is 5. The molecule has 7 nitrogen and oxygen atoms in total. The zero-order valence-corrected chi connectivity index (χ0v) is 14.1. The van der Waals surface area contributed by atoms with E-state index in [-0.39, 0.29) is 5.91 Å². The number of amides is 1. The minimum absolute atomic E-state index is 0.136. The van der Waals surface area contributed by atoms with Crippen LogP contribution in [0.1, 0.15) is 31.0 Å². The molecule has 128 valence electrons. The number of anilines is 1. The molecule has 0 radical (unpaired) electrons. The monoisotopic (exact) mass is 351 g/mol. The van der Waals surface area contributed by atoms with Crippen molar-refractivity contribution < 1.29 is 18.8 Å². The molecule has 0 atom stereocenters. The highest BCUT2D eigenvalue weighted by Crippen LogP contribution is 2.37. The molecule has 0 fully saturated rings. The molecule has 1 aromatic carbocycles. The average Bonchev–Trinajstić information content (AvgIpc) is 2.82. The summed E-state index contributed by atoms with van der Waals surface area (Å²) in [6, 6.07) is 3.36. The van der Waals surface area contributed by atoms with Gasteiger partial charge in [-0.1, -0.05) is 16.8 Å². The average molecular weight is 352 g/mol. The minimum atomic E-state index is -0.136. The van der Waals surface area contributed by atoms with E-state index in [1.807, 2.05) is 0 Å². The first kappa shape index (κ1) is 16.6. The number of aryl methyl sites for hydroxylation is 2. The van der Waals surface area contributed by atoms with Gasteiger partial charge in [-0.2, -0.15) is 4.98 Å². The number of carbonyl (C=O) groups is 1. The molecule has 0 unspecified atom stereocenters. The number of nitrogens with one attached hydrogen (secondary N) is 1. The molecule has 24 heavy (non-hydrogen) atoms. The molecule has 2 heterocycles. The number of halogens is 1. The molecule has 0 saturated heterocycles. The fourth-order valence-corrected chi connectivity index (χ4v) is 2.54. The van der Waals surface area contributed by atoms with Crippen LogP contribution in [-0.2, 0) is 11.2 Å². The largest absolute Gasteiger partial charge is 0.490 e. The Hall–Kier alpha value is -2.28. The Morgan fingerprint density at radius 1 is 1.29 bits per heavy atom. The third-order valence-electron chi connectivity index (χ3n) is 3.48. The van der Waals surface area contributed by atoms with Crippen LogP contribution in [0, 0.1) is 6.92 Å². The number of ether oxygens (including phenoxy) is 2. The number of carbonyl (C=O) groups excluding carboxylic acids is 1. The third kappa shape index (κ3) is 4.17. The van der Waals surface area contributed by atoms with E-state index in [1.165, 1.54) is 0 Å². The molecular formula is C16H18ClN3O4. The van der Waals surface area contributed by atoms with E-state index in [9.17, 15) is 4.79 Å². The van der Waals surface area contributed by atoms with E-state index >= 15 is 0 Å². The smallest absolute Gasteiger partial charge is 0.226 e. The quantitative estimate of drug-likeness (QED) is 0.890. The molecule has 3 rings (SSSR count). The van der Waals surface area contributed by atoms with Crippen LogP contribution in [0.15, 0.2) is 16.7 Å². The summed E-state index contributed by atoms with van der Waals surface area (Å²) in [6.07, 6.45) is 2.30. The number of hydrogen-bond acceptors (Lipinski definition) is 6. The van der Waals surface area contributed by atoms with Crippen LogP contribution in [0.3, 0.4) is 0 Å². The Morgan fingerprint density at radius 2 is 2.04 bits per heavy atom. The normalized spacial score (nSPS) is 13.4. The van der Waals surface area contributed by atoms with E-state index in [4.69, 9.17) is 25.6 Å². The molecule has 1 aliphatic heterocycles. The van der Waals surface area contributed by atoms with Crippen LogP contribution in [0.5, 0.6) is 11.5 Å². The fraction of sp³-hybridized carbons (Fsp3) is 0.438. The highest BCUT2D eigenvalue weighted by molar-refractivity contribution is 6.34. The fourth-order valence-electron chi connectivity index (χ4n) is 2.33. The standard InChI is InChI=1S/C16H18ClN3O4/c1-10-18-16(24-20-10)5-2-4-15(21)19-12-9-14-13(8-11(12)17)22-6-3-7-23-14/h8-9H,2-7H2,1H3,(H,19,21). The summed E-state index contributed by atoms with van der Waals surface area (Å²) >= 11 is 6.21. The van der Waals surface area contributed by atoms with Gasteiger partial charge in [0.1, 0.15) is 0 Å². The van der Waals surface area contributed by atoms with Crippen molar-refractivity contribution in [1.82, 2.24) is 10.1 Å². The summed E-state index contributed by atoms with van der Waals surface area (Å²) in [6.45, 7) is 2.92. The van der Waals surface area contributed by atoms with Gasteiger partial charge in [-0.05, 0) is 13.3 Å². The van der Waals surface area contributed by atoms with Gasteiger partial charge in [0.05, 0.1) is 23.9 Å². The number of nitrogens with zero attached hydrogens (tertiary/aromatic N) is 2. The first-order chi connectivity index (χ1) is 11.6. The second-order valence-corrected chi connectivity index (χ2v) is 5.87. The van der Waals surface area contributed by atoms with Crippen LogP contribution in [0.4, 0.5) is 5.69 Å². The summed E-state index contributed by atoms with van der Waals surface area (Å²) in [5.41, 5.74) is 0.513. The molecule has 0 bridgehead atoms. The van der Waals surface area contributed by atoms with Gasteiger partial charge in [-0.15, -0.1) is 0 Å². The summed E-state index contributed by atoms with van der Waals surface area (Å²) in [5, 5.41) is 6.93. The number of fused-ring (bicyclic) bond motifs is 1. The lowest BCUT2D eigenvalue weighted by Gasteiger charge is -2.12. The zero-order chi connectivity index (χ0) is 16.9. The van der Waals surface area contributed by atoms with Gasteiger partial charge >= 0.3 is 0 Å². The second kappa shape index (κ2) is 7.53. The van der Waals surface area contributed by atoms with Crippen molar-refractivity contribution in [2.45, 2.75) is 32.6 Å². The van der Waals surface area contributed by atoms with Gasteiger partial charge < -0.3 is 19.3 Å². The molecule has 0 spiro atoms. The lowest BCUT2D eigenvalue weighted by atomic mass is 10.2. The predicted octanol–water partition coefficient (Wildman–Crippen LogP) is 3.15. The predicted molar refractivity (Wildman–Crippen MR) is 87.7 cm³/mol. The Morgan fingerprint density at radius 3 is 2.75 bits per heavy atom. The maximum Gasteiger partial charge on any atom is 0.226 e. The van der Waals surface area contributed by atoms with E-state index in [0.717, 1.165) is 6.42 Å². The Bertz CT molecular complexity index is 732. The van der Waals surface area contributed by atoms with Crippen molar-refractivity contribution in [3.63, 3.8) is 0 Å². The molecule has 1 N–H and O–H groups in total. The molecule has 1 aliphatic rings. The van der Waals surface area contributed by atoms with Crippen LogP contribution in [-0.4, -0.2) is 29.3 Å². The summed E-state index contributed by atoms with van der Waals surface area (Å²) in [7, 11) is 0. The van der Waals surface area contributed by atoms with Crippen molar-refractivity contribution in [1.29, 1.82) is 0 Å². The van der Waals surface area contributed by atoms with Crippen LogP contribution >= 0.6 is 11.6 Å². The van der Waals surface area contributed by atoms with Gasteiger partial charge in [0, 0.05) is 31.4 Å². The van der Waals surface area contributed by atoms with Crippen molar-refractivity contribution in [3.05, 3.63) is 28.9 Å². The highest BCUT2D eigenvalue weighted by atomic mass is 35.5. The van der Waals surface area contributed by atoms with E-state index in [0.29, 0.717) is 66.4 Å².